The Bertz CT molecular complexity index is 197. The lowest BCUT2D eigenvalue weighted by Crippen LogP contribution is -2.34. The third-order valence-electron chi connectivity index (χ3n) is 2.67. The van der Waals surface area contributed by atoms with Crippen molar-refractivity contribution in [3.63, 3.8) is 0 Å². The van der Waals surface area contributed by atoms with Crippen molar-refractivity contribution in [1.82, 2.24) is 9.80 Å². The van der Waals surface area contributed by atoms with Gasteiger partial charge in [0.15, 0.2) is 6.54 Å². The van der Waals surface area contributed by atoms with Crippen LogP contribution < -0.4 is 0 Å². The van der Waals surface area contributed by atoms with Gasteiger partial charge in [-0.25, -0.2) is 0 Å². The highest BCUT2D eigenvalue weighted by Crippen LogP contribution is 2.01. The first kappa shape index (κ1) is 14.8. The highest BCUT2D eigenvalue weighted by Gasteiger charge is 2.15. The second kappa shape index (κ2) is 8.02. The van der Waals surface area contributed by atoms with Gasteiger partial charge in [-0.2, -0.15) is 0 Å². The lowest BCUT2D eigenvalue weighted by Gasteiger charge is -2.19. The van der Waals surface area contributed by atoms with Crippen molar-refractivity contribution in [3.05, 3.63) is 6.92 Å². The van der Waals surface area contributed by atoms with Gasteiger partial charge in [-0.1, -0.05) is 0 Å². The molecule has 0 fully saturated rings. The maximum atomic E-state index is 11.6. The summed E-state index contributed by atoms with van der Waals surface area (Å²) in [6.45, 7) is 12.0. The molecule has 2 amide bonds. The van der Waals surface area contributed by atoms with Gasteiger partial charge in [0.2, 0.25) is 11.8 Å². The van der Waals surface area contributed by atoms with E-state index in [0.717, 1.165) is 0 Å². The Morgan fingerprint density at radius 2 is 1.25 bits per heavy atom. The van der Waals surface area contributed by atoms with Crippen LogP contribution in [-0.4, -0.2) is 47.8 Å². The second-order valence-electron chi connectivity index (χ2n) is 3.54. The van der Waals surface area contributed by atoms with Crippen LogP contribution >= 0.6 is 0 Å². The molecule has 4 heteroatoms. The Kier molecular flexibility index (Phi) is 7.42. The predicted molar refractivity (Wildman–Crippen MR) is 64.8 cm³/mol. The summed E-state index contributed by atoms with van der Waals surface area (Å²) >= 11 is 0. The zero-order chi connectivity index (χ0) is 12.6. The number of hydrogen-bond acceptors (Lipinski definition) is 2. The fraction of sp³-hybridized carbons (Fsp3) is 0.750. The van der Waals surface area contributed by atoms with Gasteiger partial charge in [-0.05, 0) is 20.8 Å². The number of amides is 2. The van der Waals surface area contributed by atoms with E-state index in [0.29, 0.717) is 39.0 Å². The summed E-state index contributed by atoms with van der Waals surface area (Å²) in [4.78, 5) is 26.7. The third-order valence-corrected chi connectivity index (χ3v) is 2.67. The summed E-state index contributed by atoms with van der Waals surface area (Å²) in [7, 11) is 0. The molecule has 0 atom stereocenters. The van der Waals surface area contributed by atoms with Crippen LogP contribution in [0.3, 0.4) is 0 Å². The molecule has 0 unspecified atom stereocenters. The van der Waals surface area contributed by atoms with E-state index >= 15 is 0 Å². The summed E-state index contributed by atoms with van der Waals surface area (Å²) in [5.41, 5.74) is 0. The minimum atomic E-state index is 0.0120. The van der Waals surface area contributed by atoms with Gasteiger partial charge in [-0.15, -0.1) is 0 Å². The number of nitrogens with zero attached hydrogens (tertiary/aromatic N) is 2. The van der Waals surface area contributed by atoms with E-state index in [9.17, 15) is 9.59 Å². The molecule has 0 aliphatic carbocycles. The van der Waals surface area contributed by atoms with Crippen molar-refractivity contribution in [1.29, 1.82) is 0 Å². The van der Waals surface area contributed by atoms with Crippen LogP contribution in [-0.2, 0) is 9.59 Å². The lowest BCUT2D eigenvalue weighted by molar-refractivity contribution is -0.136. The maximum Gasteiger partial charge on any atom is 0.226 e. The smallest absolute Gasteiger partial charge is 0.226 e. The Morgan fingerprint density at radius 1 is 0.875 bits per heavy atom. The van der Waals surface area contributed by atoms with Crippen LogP contribution in [0.1, 0.15) is 33.6 Å². The van der Waals surface area contributed by atoms with Crippen molar-refractivity contribution in [2.75, 3.05) is 26.2 Å². The minimum absolute atomic E-state index is 0.0120. The molecule has 0 aliphatic rings. The molecule has 0 bridgehead atoms. The first-order valence-electron chi connectivity index (χ1n) is 5.95. The van der Waals surface area contributed by atoms with Crippen LogP contribution in [0, 0.1) is 6.92 Å². The van der Waals surface area contributed by atoms with Crippen LogP contribution in [0.15, 0.2) is 0 Å². The fourth-order valence-corrected chi connectivity index (χ4v) is 1.57. The summed E-state index contributed by atoms with van der Waals surface area (Å²) in [5.74, 6) is 0.0662. The van der Waals surface area contributed by atoms with E-state index in [1.165, 1.54) is 0 Å². The highest BCUT2D eigenvalue weighted by atomic mass is 16.2. The second-order valence-corrected chi connectivity index (χ2v) is 3.54. The monoisotopic (exact) mass is 227 g/mol. The standard InChI is InChI=1S/C12H23N2O2/c1-5-13(6-2)11(15)9-10-12(16)14(7-3)8-4/h1,5-10H2,2-4H3/q+1. The number of carbonyl (C=O) groups excluding carboxylic acids is 2. The normalized spacial score (nSPS) is 9.94. The minimum Gasteiger partial charge on any atom is -0.343 e. The summed E-state index contributed by atoms with van der Waals surface area (Å²) in [6, 6.07) is 0. The molecule has 0 rings (SSSR count). The van der Waals surface area contributed by atoms with Gasteiger partial charge >= 0.3 is 0 Å². The van der Waals surface area contributed by atoms with Crippen LogP contribution in [0.5, 0.6) is 0 Å². The van der Waals surface area contributed by atoms with E-state index in [4.69, 9.17) is 0 Å². The number of hydrogen-bond donors (Lipinski definition) is 0. The summed E-state index contributed by atoms with van der Waals surface area (Å²) < 4.78 is 0. The predicted octanol–water partition coefficient (Wildman–Crippen LogP) is 1.32. The number of rotatable bonds is 7. The molecule has 0 saturated carbocycles. The summed E-state index contributed by atoms with van der Waals surface area (Å²) in [5, 5.41) is 0. The third kappa shape index (κ3) is 4.55. The van der Waals surface area contributed by atoms with Crippen LogP contribution in [0.2, 0.25) is 0 Å². The number of carbonyl (C=O) groups is 2. The van der Waals surface area contributed by atoms with Crippen molar-refractivity contribution < 1.29 is 9.59 Å². The molecule has 0 N–H and O–H groups in total. The van der Waals surface area contributed by atoms with E-state index < -0.39 is 0 Å². The van der Waals surface area contributed by atoms with Gasteiger partial charge in [0.25, 0.3) is 0 Å². The molecule has 0 saturated heterocycles. The Labute approximate surface area is 98.6 Å². The summed E-state index contributed by atoms with van der Waals surface area (Å²) in [6.07, 6.45) is 0.593. The lowest BCUT2D eigenvalue weighted by atomic mass is 10.2. The van der Waals surface area contributed by atoms with E-state index in [-0.39, 0.29) is 11.8 Å². The van der Waals surface area contributed by atoms with Crippen molar-refractivity contribution in [2.45, 2.75) is 33.6 Å². The van der Waals surface area contributed by atoms with Gasteiger partial charge in [-0.3, -0.25) is 9.59 Å². The van der Waals surface area contributed by atoms with Crippen molar-refractivity contribution in [3.8, 4) is 0 Å². The molecular formula is C12H23N2O2+. The van der Waals surface area contributed by atoms with Gasteiger partial charge in [0, 0.05) is 32.5 Å². The topological polar surface area (TPSA) is 40.6 Å². The van der Waals surface area contributed by atoms with E-state index in [2.05, 4.69) is 6.92 Å². The van der Waals surface area contributed by atoms with Gasteiger partial charge in [0.1, 0.15) is 0 Å². The first-order valence-corrected chi connectivity index (χ1v) is 5.95. The first-order chi connectivity index (χ1) is 7.60. The highest BCUT2D eigenvalue weighted by molar-refractivity contribution is 5.83. The molecule has 0 radical (unpaired) electrons. The Morgan fingerprint density at radius 3 is 1.56 bits per heavy atom. The molecule has 92 valence electrons. The zero-order valence-electron chi connectivity index (χ0n) is 10.7. The largest absolute Gasteiger partial charge is 0.343 e. The quantitative estimate of drug-likeness (QED) is 0.615. The SMILES string of the molecule is [CH2+]CN(CC)C(=O)CCC(=O)N(CC)CC. The molecule has 16 heavy (non-hydrogen) atoms. The molecule has 0 spiro atoms. The zero-order valence-corrected chi connectivity index (χ0v) is 10.7. The van der Waals surface area contributed by atoms with Crippen LogP contribution in [0.25, 0.3) is 0 Å². The molecular weight excluding hydrogens is 204 g/mol. The molecule has 0 aromatic rings. The van der Waals surface area contributed by atoms with E-state index in [1.54, 1.807) is 9.80 Å². The molecule has 0 aromatic carbocycles. The van der Waals surface area contributed by atoms with Gasteiger partial charge in [0.05, 0.1) is 6.92 Å². The van der Waals surface area contributed by atoms with Crippen LogP contribution in [0.4, 0.5) is 0 Å². The fourth-order valence-electron chi connectivity index (χ4n) is 1.57. The van der Waals surface area contributed by atoms with Gasteiger partial charge < -0.3 is 9.80 Å². The average Bonchev–Trinajstić information content (AvgIpc) is 2.29. The van der Waals surface area contributed by atoms with E-state index in [1.807, 2.05) is 20.8 Å². The molecule has 0 heterocycles. The van der Waals surface area contributed by atoms with Crippen molar-refractivity contribution in [2.24, 2.45) is 0 Å². The molecule has 4 nitrogen and oxygen atoms in total. The maximum absolute atomic E-state index is 11.6. The molecule has 0 aliphatic heterocycles. The van der Waals surface area contributed by atoms with Crippen molar-refractivity contribution >= 4 is 11.8 Å². The molecule has 0 aromatic heterocycles. The average molecular weight is 227 g/mol. The Hall–Kier alpha value is -1.19. The Balaban J connectivity index is 4.04.